The first-order valence-corrected chi connectivity index (χ1v) is 13.6. The van der Waals surface area contributed by atoms with E-state index in [1.165, 1.54) is 0 Å². The molecule has 0 radical (unpaired) electrons. The zero-order chi connectivity index (χ0) is 26.9. The van der Waals surface area contributed by atoms with Crippen LogP contribution in [0.15, 0.2) is 53.6 Å². The molecule has 39 heavy (non-hydrogen) atoms. The van der Waals surface area contributed by atoms with E-state index in [2.05, 4.69) is 5.32 Å². The summed E-state index contributed by atoms with van der Waals surface area (Å²) in [4.78, 5) is 54.3. The summed E-state index contributed by atoms with van der Waals surface area (Å²) in [6.07, 6.45) is 6.40. The van der Waals surface area contributed by atoms with Gasteiger partial charge in [-0.05, 0) is 55.3 Å². The molecule has 0 aliphatic carbocycles. The molecule has 3 aliphatic rings. The molecule has 0 bridgehead atoms. The number of benzene rings is 2. The van der Waals surface area contributed by atoms with Crippen molar-refractivity contribution in [1.82, 2.24) is 14.4 Å². The summed E-state index contributed by atoms with van der Waals surface area (Å²) >= 11 is 0.826. The second kappa shape index (κ2) is 10.5. The van der Waals surface area contributed by atoms with Crippen LogP contribution in [0.3, 0.4) is 0 Å². The fraction of sp³-hybridized carbons (Fsp3) is 0.286. The van der Waals surface area contributed by atoms with Gasteiger partial charge in [-0.3, -0.25) is 24.1 Å². The normalized spacial score (nSPS) is 17.9. The fourth-order valence-corrected chi connectivity index (χ4v) is 5.84. The zero-order valence-electron chi connectivity index (χ0n) is 21.1. The lowest BCUT2D eigenvalue weighted by Crippen LogP contribution is -2.44. The lowest BCUT2D eigenvalue weighted by Gasteiger charge is -2.27. The highest BCUT2D eigenvalue weighted by molar-refractivity contribution is 8.18. The van der Waals surface area contributed by atoms with Gasteiger partial charge in [0.15, 0.2) is 11.5 Å². The number of imide groups is 1. The van der Waals surface area contributed by atoms with Crippen LogP contribution in [0.2, 0.25) is 0 Å². The van der Waals surface area contributed by atoms with Crippen molar-refractivity contribution in [3.8, 4) is 11.5 Å². The van der Waals surface area contributed by atoms with Crippen molar-refractivity contribution < 1.29 is 28.7 Å². The fourth-order valence-electron chi connectivity index (χ4n) is 5.01. The number of likely N-dealkylation sites (tertiary alicyclic amines) is 1. The van der Waals surface area contributed by atoms with E-state index in [0.29, 0.717) is 35.8 Å². The number of ether oxygens (including phenoxy) is 2. The molecule has 3 aliphatic heterocycles. The highest BCUT2D eigenvalue weighted by atomic mass is 32.2. The number of hydrogen-bond acceptors (Lipinski definition) is 7. The van der Waals surface area contributed by atoms with Gasteiger partial charge in [0.25, 0.3) is 11.1 Å². The summed E-state index contributed by atoms with van der Waals surface area (Å²) in [7, 11) is 0. The number of aromatic nitrogens is 1. The van der Waals surface area contributed by atoms with Gasteiger partial charge in [0.2, 0.25) is 18.6 Å². The molecule has 2 saturated heterocycles. The molecule has 3 aromatic rings. The average Bonchev–Trinajstić information content (AvgIpc) is 3.62. The number of carbonyl (C=O) groups excluding carboxylic acids is 4. The quantitative estimate of drug-likeness (QED) is 0.465. The number of nitrogens with one attached hydrogen (secondary N) is 1. The van der Waals surface area contributed by atoms with Crippen molar-refractivity contribution in [3.05, 3.63) is 59.1 Å². The van der Waals surface area contributed by atoms with Crippen molar-refractivity contribution in [1.29, 1.82) is 0 Å². The Kier molecular flexibility index (Phi) is 6.74. The van der Waals surface area contributed by atoms with E-state index in [-0.39, 0.29) is 36.6 Å². The number of nitrogens with zero attached hydrogens (tertiary/aromatic N) is 3. The first kappa shape index (κ1) is 25.1. The van der Waals surface area contributed by atoms with Crippen LogP contribution in [-0.4, -0.2) is 63.8 Å². The van der Waals surface area contributed by atoms with Crippen molar-refractivity contribution >= 4 is 57.4 Å². The lowest BCUT2D eigenvalue weighted by molar-refractivity contribution is -0.136. The second-order valence-electron chi connectivity index (χ2n) is 9.56. The van der Waals surface area contributed by atoms with Gasteiger partial charge in [-0.15, -0.1) is 0 Å². The van der Waals surface area contributed by atoms with Crippen molar-refractivity contribution in [2.45, 2.75) is 25.8 Å². The minimum atomic E-state index is -0.479. The molecule has 10 nitrogen and oxygen atoms in total. The second-order valence-corrected chi connectivity index (χ2v) is 10.5. The van der Waals surface area contributed by atoms with Crippen molar-refractivity contribution in [3.63, 3.8) is 0 Å². The van der Waals surface area contributed by atoms with E-state index in [1.807, 2.05) is 24.3 Å². The Bertz CT molecular complexity index is 1520. The molecular weight excluding hydrogens is 520 g/mol. The maximum atomic E-state index is 13.1. The van der Waals surface area contributed by atoms with Gasteiger partial charge in [-0.2, -0.15) is 0 Å². The largest absolute Gasteiger partial charge is 0.454 e. The highest BCUT2D eigenvalue weighted by Crippen LogP contribution is 2.35. The van der Waals surface area contributed by atoms with Crippen molar-refractivity contribution in [2.75, 3.05) is 31.7 Å². The number of rotatable bonds is 6. The molecule has 1 N–H and O–H groups in total. The molecule has 0 atom stereocenters. The van der Waals surface area contributed by atoms with E-state index >= 15 is 0 Å². The molecule has 0 saturated carbocycles. The van der Waals surface area contributed by atoms with Crippen LogP contribution < -0.4 is 14.8 Å². The standard InChI is InChI=1S/C28H26N4O6S/c33-25(29-19-8-9-22-23(13-19)38-17-37-22)15-31-14-18(20-6-2-3-7-21(20)31)12-24-27(35)32(28(36)39-24)16-26(34)30-10-4-1-5-11-30/h2-3,6-9,12-14H,1,4-5,10-11,15-17H2,(H,29,33). The van der Waals surface area contributed by atoms with Crippen LogP contribution in [0, 0.1) is 0 Å². The summed E-state index contributed by atoms with van der Waals surface area (Å²) in [5, 5.41) is 3.26. The van der Waals surface area contributed by atoms with E-state index in [0.717, 1.165) is 46.8 Å². The third kappa shape index (κ3) is 5.09. The molecular formula is C28H26N4O6S. The molecule has 0 unspecified atom stereocenters. The first-order chi connectivity index (χ1) is 19.0. The van der Waals surface area contributed by atoms with Crippen LogP contribution in [0.1, 0.15) is 24.8 Å². The number of amides is 4. The molecule has 200 valence electrons. The number of anilines is 1. The van der Waals surface area contributed by atoms with Gasteiger partial charge in [-0.1, -0.05) is 18.2 Å². The maximum Gasteiger partial charge on any atom is 0.294 e. The molecule has 6 rings (SSSR count). The molecule has 4 amide bonds. The number of carbonyl (C=O) groups is 4. The van der Waals surface area contributed by atoms with Crippen LogP contribution in [-0.2, 0) is 20.9 Å². The van der Waals surface area contributed by atoms with E-state index in [1.54, 1.807) is 39.9 Å². The molecule has 11 heteroatoms. The average molecular weight is 547 g/mol. The number of fused-ring (bicyclic) bond motifs is 2. The van der Waals surface area contributed by atoms with E-state index in [4.69, 9.17) is 9.47 Å². The van der Waals surface area contributed by atoms with Crippen LogP contribution in [0.5, 0.6) is 11.5 Å². The van der Waals surface area contributed by atoms with E-state index < -0.39 is 11.1 Å². The van der Waals surface area contributed by atoms with Gasteiger partial charge < -0.3 is 24.3 Å². The van der Waals surface area contributed by atoms with Gasteiger partial charge >= 0.3 is 0 Å². The Morgan fingerprint density at radius 3 is 2.62 bits per heavy atom. The van der Waals surface area contributed by atoms with Gasteiger partial charge in [0, 0.05) is 47.5 Å². The molecule has 2 fully saturated rings. The zero-order valence-corrected chi connectivity index (χ0v) is 21.9. The SMILES string of the molecule is O=C(Cn1cc(C=C2SC(=O)N(CC(=O)N3CCCCC3)C2=O)c2ccccc21)Nc1ccc2c(c1)OCO2. The Morgan fingerprint density at radius 1 is 0.974 bits per heavy atom. The summed E-state index contributed by atoms with van der Waals surface area (Å²) in [6.45, 7) is 1.26. The van der Waals surface area contributed by atoms with Gasteiger partial charge in [0.05, 0.1) is 4.91 Å². The minimum Gasteiger partial charge on any atom is -0.454 e. The lowest BCUT2D eigenvalue weighted by atomic mass is 10.1. The van der Waals surface area contributed by atoms with Gasteiger partial charge in [-0.25, -0.2) is 0 Å². The number of hydrogen-bond donors (Lipinski definition) is 1. The summed E-state index contributed by atoms with van der Waals surface area (Å²) < 4.78 is 12.5. The monoisotopic (exact) mass is 546 g/mol. The molecule has 1 aromatic heterocycles. The third-order valence-corrected chi connectivity index (χ3v) is 7.86. The van der Waals surface area contributed by atoms with E-state index in [9.17, 15) is 19.2 Å². The maximum absolute atomic E-state index is 13.1. The first-order valence-electron chi connectivity index (χ1n) is 12.8. The Hall–Kier alpha value is -4.25. The number of piperidine rings is 1. The summed E-state index contributed by atoms with van der Waals surface area (Å²) in [6, 6.07) is 12.7. The number of thioether (sulfide) groups is 1. The molecule has 0 spiro atoms. The Labute approximate surface area is 228 Å². The predicted molar refractivity (Wildman–Crippen MR) is 146 cm³/mol. The predicted octanol–water partition coefficient (Wildman–Crippen LogP) is 4.06. The summed E-state index contributed by atoms with van der Waals surface area (Å²) in [5.41, 5.74) is 2.10. The highest BCUT2D eigenvalue weighted by Gasteiger charge is 2.37. The smallest absolute Gasteiger partial charge is 0.294 e. The third-order valence-electron chi connectivity index (χ3n) is 6.95. The Balaban J connectivity index is 1.19. The van der Waals surface area contributed by atoms with Crippen molar-refractivity contribution in [2.24, 2.45) is 0 Å². The van der Waals surface area contributed by atoms with Gasteiger partial charge in [0.1, 0.15) is 13.1 Å². The summed E-state index contributed by atoms with van der Waals surface area (Å²) in [5.74, 6) is 0.288. The van der Waals surface area contributed by atoms with Crippen LogP contribution >= 0.6 is 11.8 Å². The topological polar surface area (TPSA) is 110 Å². The Morgan fingerprint density at radius 2 is 1.77 bits per heavy atom. The molecule has 2 aromatic carbocycles. The van der Waals surface area contributed by atoms with Crippen LogP contribution in [0.4, 0.5) is 10.5 Å². The molecule has 4 heterocycles. The minimum absolute atomic E-state index is 0.0363. The van der Waals surface area contributed by atoms with Crippen LogP contribution in [0.25, 0.3) is 17.0 Å². The number of para-hydroxylation sites is 1.